The van der Waals surface area contributed by atoms with Crippen molar-refractivity contribution in [3.63, 3.8) is 0 Å². The quantitative estimate of drug-likeness (QED) is 0.0494. The van der Waals surface area contributed by atoms with Gasteiger partial charge in [-0.2, -0.15) is 0 Å². The van der Waals surface area contributed by atoms with Gasteiger partial charge in [0.05, 0.1) is 31.6 Å². The molecule has 0 spiro atoms. The third kappa shape index (κ3) is 22.3. The van der Waals surface area contributed by atoms with E-state index in [4.69, 9.17) is 17.2 Å². The van der Waals surface area contributed by atoms with Crippen molar-refractivity contribution in [3.05, 3.63) is 65.7 Å². The fourth-order valence-electron chi connectivity index (χ4n) is 7.58. The summed E-state index contributed by atoms with van der Waals surface area (Å²) in [4.78, 5) is 149. The molecule has 23 nitrogen and oxygen atoms in total. The van der Waals surface area contributed by atoms with E-state index in [1.165, 1.54) is 27.8 Å². The number of phenols is 1. The second kappa shape index (κ2) is 31.9. The molecule has 74 heavy (non-hydrogen) atoms. The molecule has 3 rings (SSSR count). The molecule has 0 unspecified atom stereocenters. The summed E-state index contributed by atoms with van der Waals surface area (Å²) in [6, 6.07) is 6.76. The summed E-state index contributed by atoms with van der Waals surface area (Å²) in [7, 11) is 2.30. The zero-order chi connectivity index (χ0) is 54.9. The van der Waals surface area contributed by atoms with E-state index >= 15 is 0 Å². The van der Waals surface area contributed by atoms with Gasteiger partial charge in [-0.25, -0.2) is 10.9 Å². The molecule has 1 heterocycles. The van der Waals surface area contributed by atoms with Crippen LogP contribution < -0.4 is 54.6 Å². The van der Waals surface area contributed by atoms with E-state index in [1.807, 2.05) is 44.2 Å². The van der Waals surface area contributed by atoms with E-state index < -0.39 is 139 Å². The van der Waals surface area contributed by atoms with E-state index in [0.29, 0.717) is 24.8 Å². The number of hydrogen-bond donors (Lipinski definition) is 11. The lowest BCUT2D eigenvalue weighted by atomic mass is 9.94. The Hall–Kier alpha value is -6.57. The molecule has 0 radical (unpaired) electrons. The zero-order valence-corrected chi connectivity index (χ0v) is 43.8. The van der Waals surface area contributed by atoms with Crippen molar-refractivity contribution in [2.45, 2.75) is 122 Å². The van der Waals surface area contributed by atoms with Crippen molar-refractivity contribution in [1.82, 2.24) is 42.3 Å². The van der Waals surface area contributed by atoms with Gasteiger partial charge >= 0.3 is 0 Å². The van der Waals surface area contributed by atoms with Crippen LogP contribution in [0.5, 0.6) is 5.75 Å². The maximum absolute atomic E-state index is 14.8. The Labute approximate surface area is 438 Å². The van der Waals surface area contributed by atoms with Crippen LogP contribution in [0.15, 0.2) is 54.6 Å². The van der Waals surface area contributed by atoms with Crippen LogP contribution in [0.2, 0.25) is 0 Å². The van der Waals surface area contributed by atoms with Crippen molar-refractivity contribution in [2.75, 3.05) is 31.1 Å². The predicted molar refractivity (Wildman–Crippen MR) is 278 cm³/mol. The molecule has 2 aromatic carbocycles. The minimum atomic E-state index is -1.76. The summed E-state index contributed by atoms with van der Waals surface area (Å²) < 4.78 is 0. The zero-order valence-electron chi connectivity index (χ0n) is 42.1. The SMILES string of the molecule is CC[C@H](C)[C@@H]1NC(=O)[C@H](Cc2ccc(O)cc2)NC(=O)CCSSC[C@@H](C(=O)N(CCCc2ccccc2)CC(=O)N[C@@H](CC(C)C)C(=O)NCC(N)=O)NN[C@@H](CC(N)=O)C(=O)C(=O)[C@H](CCC(N)=O)NC1=O. The van der Waals surface area contributed by atoms with E-state index in [2.05, 4.69) is 37.4 Å². The number of hydrogen-bond acceptors (Lipinski definition) is 16. The minimum Gasteiger partial charge on any atom is -0.508 e. The van der Waals surface area contributed by atoms with Gasteiger partial charge < -0.3 is 53.8 Å². The monoisotopic (exact) mass is 1070 g/mol. The number of carbonyl (C=O) groups excluding carboxylic acids is 11. The first-order chi connectivity index (χ1) is 35.1. The van der Waals surface area contributed by atoms with Gasteiger partial charge in [0.25, 0.3) is 0 Å². The van der Waals surface area contributed by atoms with Crippen molar-refractivity contribution < 1.29 is 57.8 Å². The number of benzene rings is 2. The highest BCUT2D eigenvalue weighted by molar-refractivity contribution is 8.76. The van der Waals surface area contributed by atoms with Crippen molar-refractivity contribution >= 4 is 86.3 Å². The van der Waals surface area contributed by atoms with Crippen LogP contribution in [0.3, 0.4) is 0 Å². The Bertz CT molecular complexity index is 2280. The average Bonchev–Trinajstić information content (AvgIpc) is 3.35. The normalized spacial score (nSPS) is 20.4. The molecule has 0 aliphatic carbocycles. The van der Waals surface area contributed by atoms with E-state index in [9.17, 15) is 57.8 Å². The number of aryl methyl sites for hydroxylation is 1. The molecule has 14 N–H and O–H groups in total. The van der Waals surface area contributed by atoms with Gasteiger partial charge in [-0.3, -0.25) is 52.7 Å². The van der Waals surface area contributed by atoms with Crippen LogP contribution in [-0.2, 0) is 65.6 Å². The molecule has 9 amide bonds. The van der Waals surface area contributed by atoms with Crippen LogP contribution in [0, 0.1) is 11.8 Å². The molecule has 1 saturated heterocycles. The standard InChI is InChI=1S/C49H71N11O12S2/c1-5-29(4)43-48(71)56-33(17-18-38(50)62)44(67)45(68)34(24-39(51)63)58-59-37(27-74-73-21-19-41(65)54-36(47(70)57-43)23-31-13-15-32(61)16-14-31)49(72)60(20-9-12-30-10-7-6-8-11-30)26-42(66)55-35(22-28(2)3)46(69)53-25-40(52)64/h6-8,10-11,13-16,28-29,33-37,43,58-59,61H,5,9,12,17-27H2,1-4H3,(H2,50,62)(H2,51,63)(H2,52,64)(H,53,69)(H,54,65)(H,55,66)(H,56,71)(H,57,70)/t29-,33-,34-,35-,36-,37-,43-/m0/s1. The molecular formula is C49H71N11O12S2. The topological polar surface area (TPSA) is 374 Å². The molecule has 2 aromatic rings. The lowest BCUT2D eigenvalue weighted by Gasteiger charge is -2.30. The van der Waals surface area contributed by atoms with Crippen molar-refractivity contribution in [3.8, 4) is 5.75 Å². The summed E-state index contributed by atoms with van der Waals surface area (Å²) in [5.41, 5.74) is 23.1. The van der Waals surface area contributed by atoms with Crippen LogP contribution in [0.4, 0.5) is 0 Å². The van der Waals surface area contributed by atoms with Gasteiger partial charge in [0, 0.05) is 37.3 Å². The number of amides is 9. The molecule has 1 aliphatic heterocycles. The summed E-state index contributed by atoms with van der Waals surface area (Å²) in [6.07, 6.45) is -0.577. The highest BCUT2D eigenvalue weighted by atomic mass is 33.1. The largest absolute Gasteiger partial charge is 0.508 e. The highest BCUT2D eigenvalue weighted by Gasteiger charge is 2.38. The smallest absolute Gasteiger partial charge is 0.243 e. The van der Waals surface area contributed by atoms with Crippen LogP contribution >= 0.6 is 21.6 Å². The third-order valence-electron chi connectivity index (χ3n) is 11.7. The molecule has 1 aliphatic rings. The number of hydrazine groups is 1. The van der Waals surface area contributed by atoms with Crippen LogP contribution in [0.25, 0.3) is 0 Å². The van der Waals surface area contributed by atoms with Gasteiger partial charge in [-0.1, -0.05) is 98.2 Å². The van der Waals surface area contributed by atoms with E-state index in [0.717, 1.165) is 16.4 Å². The summed E-state index contributed by atoms with van der Waals surface area (Å²) in [6.45, 7) is 6.00. The number of rotatable bonds is 22. The molecular weight excluding hydrogens is 999 g/mol. The minimum absolute atomic E-state index is 0.0000694. The van der Waals surface area contributed by atoms with Crippen LogP contribution in [-0.4, -0.2) is 142 Å². The molecule has 25 heteroatoms. The van der Waals surface area contributed by atoms with Gasteiger partial charge in [0.15, 0.2) is 0 Å². The number of Topliss-reactive ketones (excluding diaryl/α,β-unsaturated/α-hetero) is 2. The molecule has 0 saturated carbocycles. The number of ketones is 2. The number of nitrogens with two attached hydrogens (primary N) is 3. The molecule has 406 valence electrons. The van der Waals surface area contributed by atoms with Crippen molar-refractivity contribution in [2.24, 2.45) is 29.0 Å². The fourth-order valence-corrected chi connectivity index (χ4v) is 9.72. The molecule has 0 bridgehead atoms. The second-order valence-electron chi connectivity index (χ2n) is 18.4. The first-order valence-electron chi connectivity index (χ1n) is 24.3. The fraction of sp³-hybridized carbons (Fsp3) is 0.531. The Balaban J connectivity index is 2.08. The lowest BCUT2D eigenvalue weighted by Crippen LogP contribution is -2.61. The predicted octanol–water partition coefficient (Wildman–Crippen LogP) is -1.08. The van der Waals surface area contributed by atoms with E-state index in [1.54, 1.807) is 26.0 Å². The number of nitrogens with zero attached hydrogens (tertiary/aromatic N) is 1. The number of aromatic hydroxyl groups is 1. The molecule has 7 atom stereocenters. The Morgan fingerprint density at radius 1 is 0.784 bits per heavy atom. The second-order valence-corrected chi connectivity index (χ2v) is 21.0. The summed E-state index contributed by atoms with van der Waals surface area (Å²) in [5.74, 6) is -10.3. The number of nitrogens with one attached hydrogen (secondary N) is 7. The number of primary amides is 3. The average molecular weight is 1070 g/mol. The summed E-state index contributed by atoms with van der Waals surface area (Å²) in [5, 5.41) is 22.8. The maximum Gasteiger partial charge on any atom is 0.243 e. The first kappa shape index (κ1) is 61.7. The highest BCUT2D eigenvalue weighted by Crippen LogP contribution is 2.24. The molecule has 1 fully saturated rings. The lowest BCUT2D eigenvalue weighted by molar-refractivity contribution is -0.142. The van der Waals surface area contributed by atoms with Gasteiger partial charge in [0.2, 0.25) is 64.7 Å². The number of carbonyl (C=O) groups is 11. The third-order valence-corrected chi connectivity index (χ3v) is 14.2. The Morgan fingerprint density at radius 2 is 1.46 bits per heavy atom. The van der Waals surface area contributed by atoms with Gasteiger partial charge in [-0.05, 0) is 60.8 Å². The van der Waals surface area contributed by atoms with Crippen LogP contribution in [0.1, 0.15) is 83.8 Å². The molecule has 0 aromatic heterocycles. The summed E-state index contributed by atoms with van der Waals surface area (Å²) >= 11 is 0. The van der Waals surface area contributed by atoms with Crippen molar-refractivity contribution in [1.29, 1.82) is 0 Å². The van der Waals surface area contributed by atoms with E-state index in [-0.39, 0.29) is 49.0 Å². The Morgan fingerprint density at radius 3 is 2.08 bits per heavy atom. The van der Waals surface area contributed by atoms with Gasteiger partial charge in [-0.15, -0.1) is 0 Å². The Kier molecular flexibility index (Phi) is 26.6. The first-order valence-corrected chi connectivity index (χ1v) is 26.8. The number of phenolic OH excluding ortho intramolecular Hbond substituents is 1. The van der Waals surface area contributed by atoms with Gasteiger partial charge in [0.1, 0.15) is 29.9 Å². The maximum atomic E-state index is 14.8.